The molecule has 0 aliphatic rings. The lowest BCUT2D eigenvalue weighted by atomic mass is 10.1. The van der Waals surface area contributed by atoms with Gasteiger partial charge in [0.15, 0.2) is 0 Å². The topological polar surface area (TPSA) is 37.3 Å². The van der Waals surface area contributed by atoms with Crippen LogP contribution in [-0.2, 0) is 11.2 Å². The van der Waals surface area contributed by atoms with Crippen LogP contribution in [0.15, 0.2) is 22.7 Å². The highest BCUT2D eigenvalue weighted by Crippen LogP contribution is 2.23. The van der Waals surface area contributed by atoms with Crippen LogP contribution in [0.5, 0.6) is 0 Å². The summed E-state index contributed by atoms with van der Waals surface area (Å²) >= 11 is 2.86. The minimum Gasteiger partial charge on any atom is -0.477 e. The van der Waals surface area contributed by atoms with Gasteiger partial charge in [-0.3, -0.25) is 0 Å². The summed E-state index contributed by atoms with van der Waals surface area (Å²) < 4.78 is 38.5. The average molecular weight is 283 g/mol. The lowest BCUT2D eigenvalue weighted by Gasteiger charge is -2.10. The molecule has 0 amide bonds. The van der Waals surface area contributed by atoms with Crippen molar-refractivity contribution < 1.29 is 23.1 Å². The van der Waals surface area contributed by atoms with Gasteiger partial charge in [-0.05, 0) is 33.6 Å². The smallest absolute Gasteiger partial charge is 0.374 e. The summed E-state index contributed by atoms with van der Waals surface area (Å²) in [6.07, 6.45) is -1.02. The summed E-state index contributed by atoms with van der Waals surface area (Å²) in [6, 6.07) is 3.37. The standard InChI is InChI=1S/C9H6BrF3O2/c10-6-2-1-5(3-7(6)11)4-9(12,13)8(14)15/h1-3H,4H2,(H,14,15). The molecule has 0 atom stereocenters. The van der Waals surface area contributed by atoms with Crippen molar-refractivity contribution in [3.63, 3.8) is 0 Å². The van der Waals surface area contributed by atoms with Crippen molar-refractivity contribution in [2.45, 2.75) is 12.3 Å². The van der Waals surface area contributed by atoms with Crippen molar-refractivity contribution in [1.29, 1.82) is 0 Å². The molecule has 0 saturated heterocycles. The van der Waals surface area contributed by atoms with E-state index in [2.05, 4.69) is 15.9 Å². The van der Waals surface area contributed by atoms with E-state index in [0.29, 0.717) is 0 Å². The molecule has 0 aromatic heterocycles. The normalized spacial score (nSPS) is 11.5. The van der Waals surface area contributed by atoms with E-state index in [9.17, 15) is 18.0 Å². The molecule has 6 heteroatoms. The molecule has 1 aromatic carbocycles. The molecule has 0 saturated carbocycles. The zero-order valence-electron chi connectivity index (χ0n) is 7.31. The molecule has 0 unspecified atom stereocenters. The minimum absolute atomic E-state index is 0.0666. The van der Waals surface area contributed by atoms with Gasteiger partial charge < -0.3 is 5.11 Å². The Balaban J connectivity index is 2.91. The highest BCUT2D eigenvalue weighted by Gasteiger charge is 2.38. The van der Waals surface area contributed by atoms with Crippen molar-refractivity contribution in [2.75, 3.05) is 0 Å². The molecule has 0 bridgehead atoms. The number of halogens is 4. The predicted octanol–water partition coefficient (Wildman–Crippen LogP) is 2.85. The third-order valence-corrected chi connectivity index (χ3v) is 2.37. The van der Waals surface area contributed by atoms with Crippen LogP contribution in [0, 0.1) is 5.82 Å². The fourth-order valence-corrected chi connectivity index (χ4v) is 1.23. The van der Waals surface area contributed by atoms with Crippen LogP contribution in [0.4, 0.5) is 13.2 Å². The molecule has 0 heterocycles. The van der Waals surface area contributed by atoms with Crippen molar-refractivity contribution in [1.82, 2.24) is 0 Å². The van der Waals surface area contributed by atoms with Gasteiger partial charge in [-0.2, -0.15) is 8.78 Å². The van der Waals surface area contributed by atoms with Crippen LogP contribution in [0.2, 0.25) is 0 Å². The zero-order valence-corrected chi connectivity index (χ0v) is 8.89. The molecule has 82 valence electrons. The Hall–Kier alpha value is -1.04. The number of hydrogen-bond acceptors (Lipinski definition) is 1. The Labute approximate surface area is 91.8 Å². The Kier molecular flexibility index (Phi) is 3.38. The van der Waals surface area contributed by atoms with Crippen LogP contribution in [-0.4, -0.2) is 17.0 Å². The Morgan fingerprint density at radius 3 is 2.53 bits per heavy atom. The SMILES string of the molecule is O=C(O)C(F)(F)Cc1ccc(Br)c(F)c1. The van der Waals surface area contributed by atoms with Crippen LogP contribution in [0.3, 0.4) is 0 Å². The van der Waals surface area contributed by atoms with Crippen molar-refractivity contribution >= 4 is 21.9 Å². The number of alkyl halides is 2. The fourth-order valence-electron chi connectivity index (χ4n) is 0.982. The molecule has 2 nitrogen and oxygen atoms in total. The molecule has 0 aliphatic heterocycles. The van der Waals surface area contributed by atoms with Crippen molar-refractivity contribution in [3.05, 3.63) is 34.1 Å². The van der Waals surface area contributed by atoms with Crippen LogP contribution >= 0.6 is 15.9 Å². The molecule has 0 aliphatic carbocycles. The van der Waals surface area contributed by atoms with E-state index in [0.717, 1.165) is 6.07 Å². The van der Waals surface area contributed by atoms with Crippen LogP contribution in [0.1, 0.15) is 5.56 Å². The van der Waals surface area contributed by atoms with E-state index in [1.165, 1.54) is 12.1 Å². The first-order chi connectivity index (χ1) is 6.83. The predicted molar refractivity (Wildman–Crippen MR) is 50.4 cm³/mol. The van der Waals surface area contributed by atoms with Crippen LogP contribution in [0.25, 0.3) is 0 Å². The van der Waals surface area contributed by atoms with Gasteiger partial charge in [-0.15, -0.1) is 0 Å². The number of carboxylic acid groups (broad SMARTS) is 1. The Morgan fingerprint density at radius 1 is 1.47 bits per heavy atom. The first-order valence-corrected chi connectivity index (χ1v) is 4.67. The average Bonchev–Trinajstić information content (AvgIpc) is 2.10. The van der Waals surface area contributed by atoms with Crippen molar-refractivity contribution in [3.8, 4) is 0 Å². The second kappa shape index (κ2) is 4.22. The number of carbonyl (C=O) groups is 1. The molecule has 1 aromatic rings. The number of aliphatic carboxylic acids is 1. The maximum absolute atomic E-state index is 12.9. The van der Waals surface area contributed by atoms with E-state index in [4.69, 9.17) is 5.11 Å². The van der Waals surface area contributed by atoms with Gasteiger partial charge in [-0.25, -0.2) is 9.18 Å². The first-order valence-electron chi connectivity index (χ1n) is 3.88. The lowest BCUT2D eigenvalue weighted by molar-refractivity contribution is -0.164. The summed E-state index contributed by atoms with van der Waals surface area (Å²) in [7, 11) is 0. The minimum atomic E-state index is -3.87. The quantitative estimate of drug-likeness (QED) is 0.926. The molecular weight excluding hydrogens is 277 g/mol. The van der Waals surface area contributed by atoms with Gasteiger partial charge in [0.2, 0.25) is 0 Å². The number of carboxylic acids is 1. The summed E-state index contributed by atoms with van der Waals surface area (Å²) in [5.41, 5.74) is -0.0666. The maximum Gasteiger partial charge on any atom is 0.374 e. The van der Waals surface area contributed by atoms with E-state index in [1.807, 2.05) is 0 Å². The van der Waals surface area contributed by atoms with E-state index in [1.54, 1.807) is 0 Å². The third-order valence-electron chi connectivity index (χ3n) is 1.72. The van der Waals surface area contributed by atoms with Gasteiger partial charge in [0.05, 0.1) is 4.47 Å². The monoisotopic (exact) mass is 282 g/mol. The number of benzene rings is 1. The zero-order chi connectivity index (χ0) is 11.6. The molecule has 1 N–H and O–H groups in total. The molecular formula is C9H6BrF3O2. The molecule has 15 heavy (non-hydrogen) atoms. The number of hydrogen-bond donors (Lipinski definition) is 1. The highest BCUT2D eigenvalue weighted by atomic mass is 79.9. The van der Waals surface area contributed by atoms with Crippen molar-refractivity contribution in [2.24, 2.45) is 0 Å². The molecule has 1 rings (SSSR count). The molecule has 0 fully saturated rings. The van der Waals surface area contributed by atoms with Gasteiger partial charge in [0.1, 0.15) is 5.82 Å². The van der Waals surface area contributed by atoms with Gasteiger partial charge in [-0.1, -0.05) is 6.07 Å². The van der Waals surface area contributed by atoms with E-state index < -0.39 is 24.1 Å². The van der Waals surface area contributed by atoms with E-state index in [-0.39, 0.29) is 10.0 Å². The van der Waals surface area contributed by atoms with Gasteiger partial charge >= 0.3 is 11.9 Å². The summed E-state index contributed by atoms with van der Waals surface area (Å²) in [4.78, 5) is 10.1. The Morgan fingerprint density at radius 2 is 2.07 bits per heavy atom. The van der Waals surface area contributed by atoms with Crippen LogP contribution < -0.4 is 0 Å². The van der Waals surface area contributed by atoms with E-state index >= 15 is 0 Å². The second-order valence-corrected chi connectivity index (χ2v) is 3.79. The Bertz CT molecular complexity index is 393. The summed E-state index contributed by atoms with van der Waals surface area (Å²) in [5.74, 6) is -6.79. The lowest BCUT2D eigenvalue weighted by Crippen LogP contribution is -2.30. The first kappa shape index (κ1) is 12.0. The molecule has 0 radical (unpaired) electrons. The number of rotatable bonds is 3. The highest BCUT2D eigenvalue weighted by molar-refractivity contribution is 9.10. The maximum atomic E-state index is 12.9. The summed E-state index contributed by atoms with van der Waals surface area (Å²) in [6.45, 7) is 0. The second-order valence-electron chi connectivity index (χ2n) is 2.93. The van der Waals surface area contributed by atoms with Gasteiger partial charge in [0, 0.05) is 6.42 Å². The summed E-state index contributed by atoms with van der Waals surface area (Å²) in [5, 5.41) is 8.17. The van der Waals surface area contributed by atoms with Gasteiger partial charge in [0.25, 0.3) is 0 Å². The fraction of sp³-hybridized carbons (Fsp3) is 0.222. The molecule has 0 spiro atoms. The largest absolute Gasteiger partial charge is 0.477 e. The third kappa shape index (κ3) is 2.95.